The lowest BCUT2D eigenvalue weighted by atomic mass is 10.0. The number of rotatable bonds is 7. The third-order valence-electron chi connectivity index (χ3n) is 4.21. The highest BCUT2D eigenvalue weighted by molar-refractivity contribution is 7.99. The summed E-state index contributed by atoms with van der Waals surface area (Å²) < 4.78 is 10.9. The van der Waals surface area contributed by atoms with Gasteiger partial charge in [-0.15, -0.1) is 10.2 Å². The molecule has 0 aliphatic heterocycles. The highest BCUT2D eigenvalue weighted by Crippen LogP contribution is 2.27. The summed E-state index contributed by atoms with van der Waals surface area (Å²) in [5.74, 6) is 1.94. The molecule has 0 spiro atoms. The Bertz CT molecular complexity index is 923. The van der Waals surface area contributed by atoms with Crippen LogP contribution in [0.15, 0.2) is 38.5 Å². The molecule has 3 rings (SSSR count). The van der Waals surface area contributed by atoms with E-state index in [4.69, 9.17) is 8.83 Å². The number of thioether (sulfide) groups is 1. The molecule has 3 aromatic rings. The fourth-order valence-electron chi connectivity index (χ4n) is 2.96. The van der Waals surface area contributed by atoms with Crippen LogP contribution in [0.4, 0.5) is 5.69 Å². The molecule has 0 atom stereocenters. The lowest BCUT2D eigenvalue weighted by Gasteiger charge is -2.12. The minimum atomic E-state index is 0.0193. The van der Waals surface area contributed by atoms with E-state index < -0.39 is 0 Å². The lowest BCUT2D eigenvalue weighted by Crippen LogP contribution is -2.13. The van der Waals surface area contributed by atoms with Gasteiger partial charge in [0.15, 0.2) is 0 Å². The molecule has 1 aromatic carbocycles. The van der Waals surface area contributed by atoms with Crippen molar-refractivity contribution in [2.45, 2.75) is 45.8 Å². The maximum atomic E-state index is 12.2. The minimum Gasteiger partial charge on any atom is -0.469 e. The number of aryl methyl sites for hydroxylation is 4. The van der Waals surface area contributed by atoms with Gasteiger partial charge < -0.3 is 14.2 Å². The number of nitrogens with one attached hydrogen (secondary N) is 1. The summed E-state index contributed by atoms with van der Waals surface area (Å²) in [4.78, 5) is 12.2. The summed E-state index contributed by atoms with van der Waals surface area (Å²) in [5, 5.41) is 11.6. The SMILES string of the molecule is Cc1cc(C)c(NC(=O)CCCSc2nnc(-c3ccoc3C)o2)c(C)c1. The summed E-state index contributed by atoms with van der Waals surface area (Å²) >= 11 is 1.45. The lowest BCUT2D eigenvalue weighted by molar-refractivity contribution is -0.116. The Morgan fingerprint density at radius 2 is 1.89 bits per heavy atom. The fraction of sp³-hybridized carbons (Fsp3) is 0.350. The van der Waals surface area contributed by atoms with Gasteiger partial charge in [-0.25, -0.2) is 0 Å². The van der Waals surface area contributed by atoms with Gasteiger partial charge >= 0.3 is 0 Å². The molecule has 6 nitrogen and oxygen atoms in total. The number of furan rings is 1. The number of carbonyl (C=O) groups excluding carboxylic acids is 1. The first-order valence-corrected chi connectivity index (χ1v) is 9.81. The summed E-state index contributed by atoms with van der Waals surface area (Å²) in [6.45, 7) is 7.93. The topological polar surface area (TPSA) is 81.2 Å². The molecule has 1 N–H and O–H groups in total. The van der Waals surface area contributed by atoms with Crippen molar-refractivity contribution >= 4 is 23.4 Å². The number of hydrogen-bond donors (Lipinski definition) is 1. The molecular formula is C20H23N3O3S. The molecule has 7 heteroatoms. The maximum Gasteiger partial charge on any atom is 0.276 e. The number of amides is 1. The van der Waals surface area contributed by atoms with Crippen LogP contribution in [0.3, 0.4) is 0 Å². The smallest absolute Gasteiger partial charge is 0.276 e. The first-order valence-electron chi connectivity index (χ1n) is 8.82. The van der Waals surface area contributed by atoms with Crippen molar-refractivity contribution in [3.8, 4) is 11.5 Å². The normalized spacial score (nSPS) is 11.0. The number of benzene rings is 1. The molecule has 0 saturated carbocycles. The molecule has 0 fully saturated rings. The van der Waals surface area contributed by atoms with Gasteiger partial charge in [0.1, 0.15) is 5.76 Å². The highest BCUT2D eigenvalue weighted by atomic mass is 32.2. The van der Waals surface area contributed by atoms with Gasteiger partial charge in [-0.3, -0.25) is 4.79 Å². The van der Waals surface area contributed by atoms with E-state index >= 15 is 0 Å². The van der Waals surface area contributed by atoms with Gasteiger partial charge in [-0.1, -0.05) is 29.5 Å². The zero-order valence-corrected chi connectivity index (χ0v) is 16.8. The molecule has 0 saturated heterocycles. The number of anilines is 1. The molecule has 1 amide bonds. The van der Waals surface area contributed by atoms with Crippen LogP contribution < -0.4 is 5.32 Å². The van der Waals surface area contributed by atoms with Crippen molar-refractivity contribution in [3.05, 3.63) is 46.9 Å². The summed E-state index contributed by atoms with van der Waals surface area (Å²) in [7, 11) is 0. The van der Waals surface area contributed by atoms with E-state index in [1.54, 1.807) is 12.3 Å². The van der Waals surface area contributed by atoms with Crippen molar-refractivity contribution < 1.29 is 13.6 Å². The Morgan fingerprint density at radius 1 is 1.15 bits per heavy atom. The zero-order chi connectivity index (χ0) is 19.4. The standard InChI is InChI=1S/C20H23N3O3S/c1-12-10-13(2)18(14(3)11-12)21-17(24)6-5-9-27-20-23-22-19(26-20)16-7-8-25-15(16)4/h7-8,10-11H,5-6,9H2,1-4H3,(H,21,24). The average Bonchev–Trinajstić information content (AvgIpc) is 3.23. The van der Waals surface area contributed by atoms with Crippen molar-refractivity contribution in [1.29, 1.82) is 0 Å². The van der Waals surface area contributed by atoms with Crippen LogP contribution in [0.1, 0.15) is 35.3 Å². The highest BCUT2D eigenvalue weighted by Gasteiger charge is 2.13. The Hall–Kier alpha value is -2.54. The summed E-state index contributed by atoms with van der Waals surface area (Å²) in [6, 6.07) is 5.96. The fourth-order valence-corrected chi connectivity index (χ4v) is 3.65. The Balaban J connectivity index is 1.46. The van der Waals surface area contributed by atoms with Gasteiger partial charge in [-0.2, -0.15) is 0 Å². The maximum absolute atomic E-state index is 12.2. The molecular weight excluding hydrogens is 362 g/mol. The van der Waals surface area contributed by atoms with Gasteiger partial charge in [-0.05, 0) is 51.3 Å². The number of aromatic nitrogens is 2. The van der Waals surface area contributed by atoms with Gasteiger partial charge in [0.25, 0.3) is 11.1 Å². The number of nitrogens with zero attached hydrogens (tertiary/aromatic N) is 2. The quantitative estimate of drug-likeness (QED) is 0.451. The molecule has 0 aliphatic carbocycles. The van der Waals surface area contributed by atoms with E-state index in [0.717, 1.165) is 40.3 Å². The molecule has 0 radical (unpaired) electrons. The monoisotopic (exact) mass is 385 g/mol. The number of carbonyl (C=O) groups is 1. The van der Waals surface area contributed by atoms with Gasteiger partial charge in [0.05, 0.1) is 11.8 Å². The Morgan fingerprint density at radius 3 is 2.56 bits per heavy atom. The minimum absolute atomic E-state index is 0.0193. The average molecular weight is 385 g/mol. The predicted octanol–water partition coefficient (Wildman–Crippen LogP) is 5.07. The zero-order valence-electron chi connectivity index (χ0n) is 16.0. The van der Waals surface area contributed by atoms with Crippen molar-refractivity contribution in [2.24, 2.45) is 0 Å². The summed E-state index contributed by atoms with van der Waals surface area (Å²) in [5.41, 5.74) is 5.09. The second kappa shape index (κ2) is 8.43. The van der Waals surface area contributed by atoms with E-state index in [2.05, 4.69) is 34.6 Å². The number of hydrogen-bond acceptors (Lipinski definition) is 6. The second-order valence-electron chi connectivity index (χ2n) is 6.54. The molecule has 0 aliphatic rings. The Kier molecular flexibility index (Phi) is 6.01. The molecule has 2 heterocycles. The third kappa shape index (κ3) is 4.80. The molecule has 27 heavy (non-hydrogen) atoms. The van der Waals surface area contributed by atoms with E-state index in [1.807, 2.05) is 20.8 Å². The summed E-state index contributed by atoms with van der Waals surface area (Å²) in [6.07, 6.45) is 2.77. The van der Waals surface area contributed by atoms with Crippen LogP contribution in [0, 0.1) is 27.7 Å². The van der Waals surface area contributed by atoms with Crippen LogP contribution in [-0.4, -0.2) is 21.9 Å². The van der Waals surface area contributed by atoms with Gasteiger partial charge in [0, 0.05) is 17.9 Å². The van der Waals surface area contributed by atoms with E-state index in [1.165, 1.54) is 17.3 Å². The van der Waals surface area contributed by atoms with E-state index in [-0.39, 0.29) is 5.91 Å². The van der Waals surface area contributed by atoms with Crippen LogP contribution in [-0.2, 0) is 4.79 Å². The molecule has 2 aromatic heterocycles. The predicted molar refractivity (Wildman–Crippen MR) is 106 cm³/mol. The van der Waals surface area contributed by atoms with Crippen LogP contribution in [0.5, 0.6) is 0 Å². The van der Waals surface area contributed by atoms with E-state index in [9.17, 15) is 4.79 Å². The van der Waals surface area contributed by atoms with Crippen LogP contribution in [0.2, 0.25) is 0 Å². The van der Waals surface area contributed by atoms with E-state index in [0.29, 0.717) is 17.5 Å². The first kappa shape index (κ1) is 19.2. The van der Waals surface area contributed by atoms with Crippen molar-refractivity contribution in [3.63, 3.8) is 0 Å². The Labute approximate surface area is 162 Å². The van der Waals surface area contributed by atoms with Crippen LogP contribution >= 0.6 is 11.8 Å². The molecule has 0 bridgehead atoms. The molecule has 0 unspecified atom stereocenters. The first-order chi connectivity index (χ1) is 12.9. The van der Waals surface area contributed by atoms with Crippen molar-refractivity contribution in [1.82, 2.24) is 10.2 Å². The molecule has 142 valence electrons. The third-order valence-corrected chi connectivity index (χ3v) is 5.12. The van der Waals surface area contributed by atoms with Crippen molar-refractivity contribution in [2.75, 3.05) is 11.1 Å². The van der Waals surface area contributed by atoms with Gasteiger partial charge in [0.2, 0.25) is 5.91 Å². The largest absolute Gasteiger partial charge is 0.469 e. The second-order valence-corrected chi connectivity index (χ2v) is 7.58. The van der Waals surface area contributed by atoms with Crippen LogP contribution in [0.25, 0.3) is 11.5 Å².